The van der Waals surface area contributed by atoms with E-state index in [4.69, 9.17) is 16.3 Å². The summed E-state index contributed by atoms with van der Waals surface area (Å²) in [4.78, 5) is 21.3. The Hall–Kier alpha value is -3.46. The van der Waals surface area contributed by atoms with Gasteiger partial charge in [0.1, 0.15) is 23.8 Å². The molecule has 0 saturated carbocycles. The normalized spacial score (nSPS) is 20.6. The zero-order chi connectivity index (χ0) is 23.7. The molecule has 0 radical (unpaired) electrons. The van der Waals surface area contributed by atoms with Crippen molar-refractivity contribution in [1.29, 1.82) is 5.26 Å². The Bertz CT molecular complexity index is 1230. The van der Waals surface area contributed by atoms with Crippen LogP contribution in [0.4, 0.5) is 4.39 Å². The molecule has 0 N–H and O–H groups in total. The second-order valence-corrected chi connectivity index (χ2v) is 8.58. The maximum Gasteiger partial charge on any atom is 0.227 e. The Morgan fingerprint density at radius 1 is 1.26 bits per heavy atom. The Balaban J connectivity index is 1.19. The van der Waals surface area contributed by atoms with Gasteiger partial charge >= 0.3 is 0 Å². The zero-order valence-electron chi connectivity index (χ0n) is 18.0. The van der Waals surface area contributed by atoms with E-state index in [1.807, 2.05) is 17.0 Å². The molecule has 3 aromatic rings. The molecule has 2 saturated heterocycles. The first-order valence-corrected chi connectivity index (χ1v) is 11.1. The van der Waals surface area contributed by atoms with E-state index in [9.17, 15) is 14.4 Å². The van der Waals surface area contributed by atoms with Gasteiger partial charge in [0.15, 0.2) is 5.82 Å². The molecule has 0 aliphatic carbocycles. The summed E-state index contributed by atoms with van der Waals surface area (Å²) in [6.45, 7) is 2.81. The summed E-state index contributed by atoms with van der Waals surface area (Å²) >= 11 is 6.27. The number of ether oxygens (including phenoxy) is 1. The SMILES string of the molecule is N#Cc1c(F)ccc([C@@H]2CN3CCN(C(=O)Cc4ccc(-n5cnnn5)nc4)C[C@H]3CO2)c1Cl. The molecule has 10 nitrogen and oxygen atoms in total. The third-order valence-corrected chi connectivity index (χ3v) is 6.58. The molecule has 0 bridgehead atoms. The Kier molecular flexibility index (Phi) is 6.19. The van der Waals surface area contributed by atoms with Crippen LogP contribution >= 0.6 is 11.6 Å². The summed E-state index contributed by atoms with van der Waals surface area (Å²) < 4.78 is 21.3. The molecule has 34 heavy (non-hydrogen) atoms. The van der Waals surface area contributed by atoms with Crippen molar-refractivity contribution in [3.8, 4) is 11.9 Å². The van der Waals surface area contributed by atoms with E-state index in [0.717, 1.165) is 5.56 Å². The van der Waals surface area contributed by atoms with Crippen LogP contribution in [0.25, 0.3) is 5.82 Å². The molecule has 1 aromatic carbocycles. The highest BCUT2D eigenvalue weighted by atomic mass is 35.5. The number of rotatable bonds is 4. The van der Waals surface area contributed by atoms with Crippen LogP contribution in [0.3, 0.4) is 0 Å². The van der Waals surface area contributed by atoms with Crippen molar-refractivity contribution >= 4 is 17.5 Å². The third-order valence-electron chi connectivity index (χ3n) is 6.18. The lowest BCUT2D eigenvalue weighted by Gasteiger charge is -2.46. The van der Waals surface area contributed by atoms with Crippen LogP contribution in [0.5, 0.6) is 0 Å². The Morgan fingerprint density at radius 2 is 2.15 bits per heavy atom. The van der Waals surface area contributed by atoms with Gasteiger partial charge in [0.2, 0.25) is 5.91 Å². The first kappa shape index (κ1) is 22.3. The smallest absolute Gasteiger partial charge is 0.227 e. The van der Waals surface area contributed by atoms with E-state index in [1.165, 1.54) is 17.1 Å². The van der Waals surface area contributed by atoms with Crippen LogP contribution in [0.2, 0.25) is 5.02 Å². The third kappa shape index (κ3) is 4.35. The molecule has 2 atom stereocenters. The molecule has 2 fully saturated rings. The minimum atomic E-state index is -0.641. The van der Waals surface area contributed by atoms with Crippen molar-refractivity contribution in [2.45, 2.75) is 18.6 Å². The van der Waals surface area contributed by atoms with Crippen LogP contribution in [-0.4, -0.2) is 79.7 Å². The predicted octanol–water partition coefficient (Wildman–Crippen LogP) is 1.55. The fourth-order valence-corrected chi connectivity index (χ4v) is 4.65. The number of amides is 1. The first-order valence-electron chi connectivity index (χ1n) is 10.7. The van der Waals surface area contributed by atoms with Gasteiger partial charge in [0, 0.05) is 37.9 Å². The largest absolute Gasteiger partial charge is 0.370 e. The fraction of sp³-hybridized carbons (Fsp3) is 0.364. The van der Waals surface area contributed by atoms with Crippen molar-refractivity contribution in [3.05, 3.63) is 64.3 Å². The van der Waals surface area contributed by atoms with Crippen LogP contribution in [-0.2, 0) is 16.0 Å². The van der Waals surface area contributed by atoms with Gasteiger partial charge in [0.25, 0.3) is 0 Å². The number of nitriles is 1. The molecular weight excluding hydrogens is 463 g/mol. The molecule has 4 heterocycles. The summed E-state index contributed by atoms with van der Waals surface area (Å²) in [7, 11) is 0. The van der Waals surface area contributed by atoms with E-state index in [-0.39, 0.29) is 35.1 Å². The van der Waals surface area contributed by atoms with Gasteiger partial charge in [-0.15, -0.1) is 5.10 Å². The number of hydrogen-bond donors (Lipinski definition) is 0. The minimum Gasteiger partial charge on any atom is -0.370 e. The predicted molar refractivity (Wildman–Crippen MR) is 117 cm³/mol. The van der Waals surface area contributed by atoms with E-state index in [1.54, 1.807) is 18.3 Å². The number of halogens is 2. The number of piperazine rings is 1. The molecule has 2 aliphatic rings. The molecule has 174 valence electrons. The number of pyridine rings is 1. The lowest BCUT2D eigenvalue weighted by Crippen LogP contribution is -2.59. The topological polar surface area (TPSA) is 113 Å². The quantitative estimate of drug-likeness (QED) is 0.550. The number of morpholine rings is 1. The van der Waals surface area contributed by atoms with Gasteiger partial charge in [-0.3, -0.25) is 9.69 Å². The van der Waals surface area contributed by atoms with Crippen molar-refractivity contribution in [2.24, 2.45) is 0 Å². The zero-order valence-corrected chi connectivity index (χ0v) is 18.8. The lowest BCUT2D eigenvalue weighted by molar-refractivity contribution is -0.139. The summed E-state index contributed by atoms with van der Waals surface area (Å²) in [6, 6.07) is 8.30. The van der Waals surface area contributed by atoms with Crippen molar-refractivity contribution in [2.75, 3.05) is 32.8 Å². The van der Waals surface area contributed by atoms with Gasteiger partial charge in [-0.2, -0.15) is 9.94 Å². The maximum atomic E-state index is 13.8. The number of benzene rings is 1. The van der Waals surface area contributed by atoms with Gasteiger partial charge in [-0.1, -0.05) is 23.7 Å². The van der Waals surface area contributed by atoms with Crippen molar-refractivity contribution < 1.29 is 13.9 Å². The van der Waals surface area contributed by atoms with Crippen LogP contribution < -0.4 is 0 Å². The molecular formula is C22H20ClFN8O2. The number of hydrogen-bond acceptors (Lipinski definition) is 8. The Morgan fingerprint density at radius 3 is 2.88 bits per heavy atom. The average molecular weight is 483 g/mol. The number of carbonyl (C=O) groups excluding carboxylic acids is 1. The molecule has 5 rings (SSSR count). The highest BCUT2D eigenvalue weighted by molar-refractivity contribution is 6.32. The Labute approximate surface area is 199 Å². The number of aromatic nitrogens is 5. The monoisotopic (exact) mass is 482 g/mol. The maximum absolute atomic E-state index is 13.8. The summed E-state index contributed by atoms with van der Waals surface area (Å²) in [5, 5.41) is 20.2. The van der Waals surface area contributed by atoms with E-state index in [0.29, 0.717) is 44.2 Å². The molecule has 12 heteroatoms. The van der Waals surface area contributed by atoms with Gasteiger partial charge < -0.3 is 9.64 Å². The number of carbonyl (C=O) groups is 1. The number of fused-ring (bicyclic) bond motifs is 1. The van der Waals surface area contributed by atoms with Crippen LogP contribution in [0.15, 0.2) is 36.8 Å². The highest BCUT2D eigenvalue weighted by Gasteiger charge is 2.36. The first-order chi connectivity index (χ1) is 16.5. The van der Waals surface area contributed by atoms with Crippen LogP contribution in [0, 0.1) is 17.1 Å². The highest BCUT2D eigenvalue weighted by Crippen LogP contribution is 2.34. The summed E-state index contributed by atoms with van der Waals surface area (Å²) in [5.74, 6) is -0.0387. The molecule has 2 aliphatic heterocycles. The minimum absolute atomic E-state index is 0.0268. The van der Waals surface area contributed by atoms with Gasteiger partial charge in [-0.25, -0.2) is 9.37 Å². The van der Waals surface area contributed by atoms with Crippen LogP contribution in [0.1, 0.15) is 22.8 Å². The lowest BCUT2D eigenvalue weighted by atomic mass is 10.0. The molecule has 0 spiro atoms. The molecule has 2 aromatic heterocycles. The van der Waals surface area contributed by atoms with Crippen molar-refractivity contribution in [1.82, 2.24) is 35.0 Å². The molecule has 0 unspecified atom stereocenters. The van der Waals surface area contributed by atoms with E-state index in [2.05, 4.69) is 25.4 Å². The number of nitrogens with zero attached hydrogens (tertiary/aromatic N) is 8. The molecule has 1 amide bonds. The summed E-state index contributed by atoms with van der Waals surface area (Å²) in [6.07, 6.45) is 3.00. The average Bonchev–Trinajstić information content (AvgIpc) is 3.39. The summed E-state index contributed by atoms with van der Waals surface area (Å²) in [5.41, 5.74) is 1.25. The van der Waals surface area contributed by atoms with Gasteiger partial charge in [0.05, 0.1) is 30.2 Å². The standard InChI is InChI=1S/C22H20ClFN8O2/c23-22-16(2-3-18(24)17(22)8-25)19-11-30-5-6-31(10-15(30)12-34-19)21(33)7-14-1-4-20(26-9-14)32-13-27-28-29-32/h1-4,9,13,15,19H,5-7,10-12H2/t15-,19-/m0/s1. The fourth-order valence-electron chi connectivity index (χ4n) is 4.33. The van der Waals surface area contributed by atoms with E-state index < -0.39 is 5.82 Å². The second-order valence-electron chi connectivity index (χ2n) is 8.20. The van der Waals surface area contributed by atoms with Gasteiger partial charge in [-0.05, 0) is 28.1 Å². The van der Waals surface area contributed by atoms with Crippen molar-refractivity contribution in [3.63, 3.8) is 0 Å². The number of tetrazole rings is 1. The second kappa shape index (κ2) is 9.42. The van der Waals surface area contributed by atoms with E-state index >= 15 is 0 Å².